The van der Waals surface area contributed by atoms with E-state index in [1.165, 1.54) is 5.56 Å². The van der Waals surface area contributed by atoms with Crippen molar-refractivity contribution in [2.24, 2.45) is 0 Å². The Morgan fingerprint density at radius 1 is 1.10 bits per heavy atom. The van der Waals surface area contributed by atoms with Crippen molar-refractivity contribution in [1.82, 2.24) is 25.0 Å². The van der Waals surface area contributed by atoms with Crippen molar-refractivity contribution in [2.45, 2.75) is 38.5 Å². The molecule has 0 aliphatic carbocycles. The van der Waals surface area contributed by atoms with E-state index in [0.717, 1.165) is 44.8 Å². The molecular formula is C23H31N5O. The number of urea groups is 1. The molecule has 0 bridgehead atoms. The minimum absolute atomic E-state index is 0.0204. The van der Waals surface area contributed by atoms with Crippen LogP contribution in [-0.2, 0) is 13.1 Å². The quantitative estimate of drug-likeness (QED) is 0.868. The molecule has 0 radical (unpaired) electrons. The minimum atomic E-state index is -0.0204. The lowest BCUT2D eigenvalue weighted by atomic mass is 9.93. The number of fused-ring (bicyclic) bond motifs is 1. The maximum absolute atomic E-state index is 12.9. The van der Waals surface area contributed by atoms with Crippen LogP contribution in [-0.4, -0.2) is 70.0 Å². The van der Waals surface area contributed by atoms with Gasteiger partial charge in [0.05, 0.1) is 0 Å². The highest BCUT2D eigenvalue weighted by atomic mass is 16.2. The van der Waals surface area contributed by atoms with Crippen LogP contribution in [0.25, 0.3) is 0 Å². The summed E-state index contributed by atoms with van der Waals surface area (Å²) >= 11 is 0. The molecule has 2 aliphatic rings. The minimum Gasteiger partial charge on any atom is -0.334 e. The van der Waals surface area contributed by atoms with E-state index in [1.807, 2.05) is 53.7 Å². The Morgan fingerprint density at radius 3 is 2.66 bits per heavy atom. The fourth-order valence-electron chi connectivity index (χ4n) is 4.68. The standard InChI is InChI=1S/C23H31N5O/c1-23(2)18-27(22(29)25-14-19-7-4-3-5-8-19)17-21-16-26(11-12-28(21)23)15-20-9-6-10-24-13-20/h3-10,13,21H,11-12,14-18H2,1-2H3,(H,25,29)/t21-/m0/s1. The molecule has 1 aromatic heterocycles. The summed E-state index contributed by atoms with van der Waals surface area (Å²) in [5, 5.41) is 3.10. The van der Waals surface area contributed by atoms with Crippen molar-refractivity contribution in [3.63, 3.8) is 0 Å². The summed E-state index contributed by atoms with van der Waals surface area (Å²) in [6, 6.07) is 14.6. The third-order valence-corrected chi connectivity index (χ3v) is 6.06. The summed E-state index contributed by atoms with van der Waals surface area (Å²) < 4.78 is 0. The number of benzene rings is 1. The average molecular weight is 394 g/mol. The molecule has 4 rings (SSSR count). The Balaban J connectivity index is 1.38. The topological polar surface area (TPSA) is 51.7 Å². The van der Waals surface area contributed by atoms with Gasteiger partial charge in [0, 0.05) is 69.8 Å². The zero-order chi connectivity index (χ0) is 20.3. The zero-order valence-corrected chi connectivity index (χ0v) is 17.4. The van der Waals surface area contributed by atoms with Gasteiger partial charge in [-0.3, -0.25) is 14.8 Å². The van der Waals surface area contributed by atoms with Crippen LogP contribution in [0.2, 0.25) is 0 Å². The van der Waals surface area contributed by atoms with E-state index in [2.05, 4.69) is 40.0 Å². The van der Waals surface area contributed by atoms with Crippen molar-refractivity contribution < 1.29 is 4.79 Å². The first-order chi connectivity index (χ1) is 14.0. The van der Waals surface area contributed by atoms with Crippen molar-refractivity contribution in [3.05, 3.63) is 66.0 Å². The molecular weight excluding hydrogens is 362 g/mol. The van der Waals surface area contributed by atoms with Gasteiger partial charge in [-0.25, -0.2) is 4.79 Å². The Bertz CT molecular complexity index is 811. The molecule has 0 saturated carbocycles. The number of piperazine rings is 2. The Kier molecular flexibility index (Phi) is 5.83. The van der Waals surface area contributed by atoms with Crippen molar-refractivity contribution in [1.29, 1.82) is 0 Å². The monoisotopic (exact) mass is 393 g/mol. The van der Waals surface area contributed by atoms with Gasteiger partial charge in [0.25, 0.3) is 0 Å². The average Bonchev–Trinajstić information content (AvgIpc) is 2.72. The predicted octanol–water partition coefficient (Wildman–Crippen LogP) is 2.57. The molecule has 2 aliphatic heterocycles. The zero-order valence-electron chi connectivity index (χ0n) is 17.4. The van der Waals surface area contributed by atoms with Crippen LogP contribution in [0.5, 0.6) is 0 Å². The second-order valence-corrected chi connectivity index (χ2v) is 8.78. The number of amides is 2. The van der Waals surface area contributed by atoms with Crippen LogP contribution < -0.4 is 5.32 Å². The molecule has 2 fully saturated rings. The molecule has 0 spiro atoms. The highest BCUT2D eigenvalue weighted by Gasteiger charge is 2.43. The number of nitrogens with zero attached hydrogens (tertiary/aromatic N) is 4. The van der Waals surface area contributed by atoms with Gasteiger partial charge in [-0.15, -0.1) is 0 Å². The van der Waals surface area contributed by atoms with Crippen molar-refractivity contribution >= 4 is 6.03 Å². The number of hydrogen-bond donors (Lipinski definition) is 1. The van der Waals surface area contributed by atoms with Gasteiger partial charge in [-0.05, 0) is 31.0 Å². The molecule has 0 unspecified atom stereocenters. The summed E-state index contributed by atoms with van der Waals surface area (Å²) in [6.45, 7) is 10.6. The third-order valence-electron chi connectivity index (χ3n) is 6.06. The van der Waals surface area contributed by atoms with Crippen LogP contribution in [0.3, 0.4) is 0 Å². The molecule has 6 nitrogen and oxygen atoms in total. The SMILES string of the molecule is CC1(C)CN(C(=O)NCc2ccccc2)C[C@@H]2CN(Cc3cccnc3)CCN21. The fraction of sp³-hybridized carbons (Fsp3) is 0.478. The van der Waals surface area contributed by atoms with Gasteiger partial charge >= 0.3 is 6.03 Å². The van der Waals surface area contributed by atoms with Gasteiger partial charge in [0.15, 0.2) is 0 Å². The molecule has 6 heteroatoms. The Labute approximate surface area is 173 Å². The number of carbonyl (C=O) groups excluding carboxylic acids is 1. The smallest absolute Gasteiger partial charge is 0.317 e. The molecule has 2 amide bonds. The van der Waals surface area contributed by atoms with Crippen molar-refractivity contribution in [2.75, 3.05) is 32.7 Å². The van der Waals surface area contributed by atoms with E-state index < -0.39 is 0 Å². The lowest BCUT2D eigenvalue weighted by Gasteiger charge is -2.55. The molecule has 1 aromatic carbocycles. The van der Waals surface area contributed by atoms with E-state index >= 15 is 0 Å². The Hall–Kier alpha value is -2.44. The van der Waals surface area contributed by atoms with Gasteiger partial charge < -0.3 is 10.2 Å². The summed E-state index contributed by atoms with van der Waals surface area (Å²) in [4.78, 5) is 24.2. The van der Waals surface area contributed by atoms with Crippen LogP contribution in [0.4, 0.5) is 4.79 Å². The van der Waals surface area contributed by atoms with E-state index in [-0.39, 0.29) is 11.6 Å². The summed E-state index contributed by atoms with van der Waals surface area (Å²) in [5.41, 5.74) is 2.35. The van der Waals surface area contributed by atoms with Crippen molar-refractivity contribution in [3.8, 4) is 0 Å². The first kappa shape index (κ1) is 19.9. The molecule has 2 aromatic rings. The molecule has 29 heavy (non-hydrogen) atoms. The Morgan fingerprint density at radius 2 is 1.90 bits per heavy atom. The van der Waals surface area contributed by atoms with Gasteiger partial charge in [-0.2, -0.15) is 0 Å². The number of pyridine rings is 1. The normalized spacial score (nSPS) is 22.1. The highest BCUT2D eigenvalue weighted by molar-refractivity contribution is 5.74. The molecule has 1 N–H and O–H groups in total. The molecule has 1 atom stereocenters. The molecule has 154 valence electrons. The molecule has 2 saturated heterocycles. The van der Waals surface area contributed by atoms with Crippen LogP contribution in [0.15, 0.2) is 54.9 Å². The summed E-state index contributed by atoms with van der Waals surface area (Å²) in [6.07, 6.45) is 3.76. The van der Waals surface area contributed by atoms with Gasteiger partial charge in [0.2, 0.25) is 0 Å². The van der Waals surface area contributed by atoms with E-state index in [4.69, 9.17) is 0 Å². The number of carbonyl (C=O) groups is 1. The lowest BCUT2D eigenvalue weighted by Crippen LogP contribution is -2.70. The second-order valence-electron chi connectivity index (χ2n) is 8.78. The highest BCUT2D eigenvalue weighted by Crippen LogP contribution is 2.28. The third kappa shape index (κ3) is 4.77. The first-order valence-corrected chi connectivity index (χ1v) is 10.5. The summed E-state index contributed by atoms with van der Waals surface area (Å²) in [5.74, 6) is 0. The number of nitrogens with one attached hydrogen (secondary N) is 1. The largest absolute Gasteiger partial charge is 0.334 e. The van der Waals surface area contributed by atoms with Crippen LogP contribution >= 0.6 is 0 Å². The number of hydrogen-bond acceptors (Lipinski definition) is 4. The molecule has 3 heterocycles. The number of rotatable bonds is 4. The van der Waals surface area contributed by atoms with Gasteiger partial charge in [-0.1, -0.05) is 36.4 Å². The number of aromatic nitrogens is 1. The van der Waals surface area contributed by atoms with E-state index in [9.17, 15) is 4.79 Å². The maximum atomic E-state index is 12.9. The van der Waals surface area contributed by atoms with E-state index in [1.54, 1.807) is 0 Å². The predicted molar refractivity (Wildman–Crippen MR) is 114 cm³/mol. The lowest BCUT2D eigenvalue weighted by molar-refractivity contribution is -0.0541. The second kappa shape index (κ2) is 8.51. The van der Waals surface area contributed by atoms with Crippen LogP contribution in [0, 0.1) is 0 Å². The van der Waals surface area contributed by atoms with E-state index in [0.29, 0.717) is 12.6 Å². The fourth-order valence-corrected chi connectivity index (χ4v) is 4.68. The maximum Gasteiger partial charge on any atom is 0.317 e. The first-order valence-electron chi connectivity index (χ1n) is 10.5. The van der Waals surface area contributed by atoms with Crippen LogP contribution in [0.1, 0.15) is 25.0 Å². The summed E-state index contributed by atoms with van der Waals surface area (Å²) in [7, 11) is 0. The van der Waals surface area contributed by atoms with Gasteiger partial charge in [0.1, 0.15) is 0 Å².